The van der Waals surface area contributed by atoms with Crippen LogP contribution in [0.15, 0.2) is 24.5 Å². The minimum Gasteiger partial charge on any atom is -0.368 e. The molecule has 0 aromatic carbocycles. The first-order valence-corrected chi connectivity index (χ1v) is 6.99. The van der Waals surface area contributed by atoms with Gasteiger partial charge in [0, 0.05) is 18.4 Å². The molecule has 0 radical (unpaired) electrons. The summed E-state index contributed by atoms with van der Waals surface area (Å²) < 4.78 is 0. The lowest BCUT2D eigenvalue weighted by Gasteiger charge is -2.15. The molecule has 4 nitrogen and oxygen atoms in total. The Morgan fingerprint density at radius 1 is 1.05 bits per heavy atom. The topological polar surface area (TPSA) is 50.7 Å². The smallest absolute Gasteiger partial charge is 0.180 e. The first kappa shape index (κ1) is 13.7. The maximum absolute atomic E-state index is 4.47. The van der Waals surface area contributed by atoms with Crippen LogP contribution in [0.3, 0.4) is 0 Å². The van der Waals surface area contributed by atoms with Gasteiger partial charge in [0.1, 0.15) is 11.3 Å². The molecule has 0 aliphatic carbocycles. The van der Waals surface area contributed by atoms with Crippen molar-refractivity contribution in [2.24, 2.45) is 5.92 Å². The Kier molecular flexibility index (Phi) is 4.66. The standard InChI is InChI=1S/C15H22N4/c1-11(2)5-4-6-12(3)18-14-8-7-13-15(19-14)17-10-9-16-13/h7-12H,4-6H2,1-3H3,(H,17,18,19). The lowest BCUT2D eigenvalue weighted by atomic mass is 10.0. The van der Waals surface area contributed by atoms with Crippen molar-refractivity contribution in [3.63, 3.8) is 0 Å². The minimum atomic E-state index is 0.431. The summed E-state index contributed by atoms with van der Waals surface area (Å²) in [7, 11) is 0. The second kappa shape index (κ2) is 6.45. The van der Waals surface area contributed by atoms with Gasteiger partial charge in [-0.3, -0.25) is 4.98 Å². The first-order valence-electron chi connectivity index (χ1n) is 6.99. The summed E-state index contributed by atoms with van der Waals surface area (Å²) >= 11 is 0. The zero-order valence-corrected chi connectivity index (χ0v) is 11.9. The lowest BCUT2D eigenvalue weighted by Crippen LogP contribution is -2.16. The molecule has 0 saturated heterocycles. The molecule has 0 aliphatic rings. The van der Waals surface area contributed by atoms with Crippen LogP contribution < -0.4 is 5.32 Å². The first-order chi connectivity index (χ1) is 9.15. The number of fused-ring (bicyclic) bond motifs is 1. The molecular weight excluding hydrogens is 236 g/mol. The highest BCUT2D eigenvalue weighted by molar-refractivity contribution is 5.71. The van der Waals surface area contributed by atoms with Gasteiger partial charge in [-0.05, 0) is 31.4 Å². The fraction of sp³-hybridized carbons (Fsp3) is 0.533. The van der Waals surface area contributed by atoms with Crippen molar-refractivity contribution in [2.45, 2.75) is 46.1 Å². The molecule has 0 aliphatic heterocycles. The zero-order chi connectivity index (χ0) is 13.7. The molecule has 0 amide bonds. The molecule has 2 aromatic rings. The minimum absolute atomic E-state index is 0.431. The van der Waals surface area contributed by atoms with Crippen molar-refractivity contribution in [3.8, 4) is 0 Å². The van der Waals surface area contributed by atoms with Crippen LogP contribution in [-0.4, -0.2) is 21.0 Å². The number of anilines is 1. The predicted molar refractivity (Wildman–Crippen MR) is 79.1 cm³/mol. The molecule has 2 aromatic heterocycles. The summed E-state index contributed by atoms with van der Waals surface area (Å²) in [5.41, 5.74) is 1.53. The third-order valence-electron chi connectivity index (χ3n) is 3.14. The normalized spacial score (nSPS) is 12.8. The number of aromatic nitrogens is 3. The SMILES string of the molecule is CC(C)CCCC(C)Nc1ccc2nccnc2n1. The number of pyridine rings is 1. The van der Waals surface area contributed by atoms with E-state index in [1.54, 1.807) is 12.4 Å². The van der Waals surface area contributed by atoms with Crippen LogP contribution >= 0.6 is 0 Å². The number of hydrogen-bond donors (Lipinski definition) is 1. The van der Waals surface area contributed by atoms with Gasteiger partial charge in [-0.1, -0.05) is 26.7 Å². The van der Waals surface area contributed by atoms with E-state index in [4.69, 9.17) is 0 Å². The largest absolute Gasteiger partial charge is 0.368 e. The van der Waals surface area contributed by atoms with Crippen LogP contribution in [-0.2, 0) is 0 Å². The molecule has 19 heavy (non-hydrogen) atoms. The van der Waals surface area contributed by atoms with Crippen LogP contribution in [0.1, 0.15) is 40.0 Å². The summed E-state index contributed by atoms with van der Waals surface area (Å²) in [4.78, 5) is 12.9. The highest BCUT2D eigenvalue weighted by Gasteiger charge is 2.05. The Morgan fingerprint density at radius 3 is 2.63 bits per heavy atom. The third-order valence-corrected chi connectivity index (χ3v) is 3.14. The molecule has 1 N–H and O–H groups in total. The summed E-state index contributed by atoms with van der Waals surface area (Å²) in [6.07, 6.45) is 7.05. The van der Waals surface area contributed by atoms with E-state index in [0.29, 0.717) is 11.7 Å². The van der Waals surface area contributed by atoms with E-state index in [-0.39, 0.29) is 0 Å². The van der Waals surface area contributed by atoms with Gasteiger partial charge in [-0.25, -0.2) is 9.97 Å². The van der Waals surface area contributed by atoms with Crippen molar-refractivity contribution in [1.29, 1.82) is 0 Å². The Bertz CT molecular complexity index is 524. The van der Waals surface area contributed by atoms with Gasteiger partial charge in [0.25, 0.3) is 0 Å². The monoisotopic (exact) mass is 258 g/mol. The van der Waals surface area contributed by atoms with E-state index in [0.717, 1.165) is 17.3 Å². The van der Waals surface area contributed by atoms with Crippen LogP contribution in [0.4, 0.5) is 5.82 Å². The molecule has 0 fully saturated rings. The predicted octanol–water partition coefficient (Wildman–Crippen LogP) is 3.65. The summed E-state index contributed by atoms with van der Waals surface area (Å²) in [6.45, 7) is 6.73. The van der Waals surface area contributed by atoms with E-state index in [2.05, 4.69) is 41.0 Å². The highest BCUT2D eigenvalue weighted by Crippen LogP contribution is 2.14. The van der Waals surface area contributed by atoms with Crippen LogP contribution in [0.5, 0.6) is 0 Å². The van der Waals surface area contributed by atoms with Crippen molar-refractivity contribution < 1.29 is 0 Å². The van der Waals surface area contributed by atoms with Crippen LogP contribution in [0.25, 0.3) is 11.2 Å². The van der Waals surface area contributed by atoms with Crippen molar-refractivity contribution in [3.05, 3.63) is 24.5 Å². The number of nitrogens with zero attached hydrogens (tertiary/aromatic N) is 3. The molecule has 0 spiro atoms. The molecule has 1 atom stereocenters. The zero-order valence-electron chi connectivity index (χ0n) is 11.9. The fourth-order valence-electron chi connectivity index (χ4n) is 2.09. The van der Waals surface area contributed by atoms with Gasteiger partial charge in [-0.15, -0.1) is 0 Å². The van der Waals surface area contributed by atoms with Gasteiger partial charge in [-0.2, -0.15) is 0 Å². The number of hydrogen-bond acceptors (Lipinski definition) is 4. The van der Waals surface area contributed by atoms with Crippen LogP contribution in [0, 0.1) is 5.92 Å². The Morgan fingerprint density at radius 2 is 1.84 bits per heavy atom. The molecule has 4 heteroatoms. The summed E-state index contributed by atoms with van der Waals surface area (Å²) in [6, 6.07) is 4.36. The van der Waals surface area contributed by atoms with Gasteiger partial charge in [0.2, 0.25) is 0 Å². The summed E-state index contributed by atoms with van der Waals surface area (Å²) in [5.74, 6) is 1.66. The number of nitrogens with one attached hydrogen (secondary N) is 1. The summed E-state index contributed by atoms with van der Waals surface area (Å²) in [5, 5.41) is 3.43. The second-order valence-electron chi connectivity index (χ2n) is 5.47. The third kappa shape index (κ3) is 4.16. The fourth-order valence-corrected chi connectivity index (χ4v) is 2.09. The van der Waals surface area contributed by atoms with E-state index in [9.17, 15) is 0 Å². The van der Waals surface area contributed by atoms with Gasteiger partial charge in [0.15, 0.2) is 5.65 Å². The van der Waals surface area contributed by atoms with Gasteiger partial charge < -0.3 is 5.32 Å². The van der Waals surface area contributed by atoms with Crippen molar-refractivity contribution >= 4 is 17.0 Å². The highest BCUT2D eigenvalue weighted by atomic mass is 15.0. The van der Waals surface area contributed by atoms with Gasteiger partial charge in [0.05, 0.1) is 0 Å². The average molecular weight is 258 g/mol. The molecule has 2 rings (SSSR count). The maximum atomic E-state index is 4.47. The quantitative estimate of drug-likeness (QED) is 0.859. The second-order valence-corrected chi connectivity index (χ2v) is 5.47. The van der Waals surface area contributed by atoms with Crippen LogP contribution in [0.2, 0.25) is 0 Å². The molecule has 0 bridgehead atoms. The Labute approximate surface area is 114 Å². The Balaban J connectivity index is 1.93. The average Bonchev–Trinajstić information content (AvgIpc) is 2.38. The molecule has 0 saturated carbocycles. The molecular formula is C15H22N4. The molecule has 1 unspecified atom stereocenters. The van der Waals surface area contributed by atoms with E-state index < -0.39 is 0 Å². The van der Waals surface area contributed by atoms with Gasteiger partial charge >= 0.3 is 0 Å². The van der Waals surface area contributed by atoms with Crippen molar-refractivity contribution in [2.75, 3.05) is 5.32 Å². The number of rotatable bonds is 6. The Hall–Kier alpha value is -1.71. The van der Waals surface area contributed by atoms with E-state index >= 15 is 0 Å². The van der Waals surface area contributed by atoms with E-state index in [1.807, 2.05) is 12.1 Å². The maximum Gasteiger partial charge on any atom is 0.180 e. The molecule has 2 heterocycles. The van der Waals surface area contributed by atoms with Crippen molar-refractivity contribution in [1.82, 2.24) is 15.0 Å². The van der Waals surface area contributed by atoms with E-state index in [1.165, 1.54) is 19.3 Å². The lowest BCUT2D eigenvalue weighted by molar-refractivity contribution is 0.520. The molecule has 102 valence electrons.